The van der Waals surface area contributed by atoms with E-state index in [1.807, 2.05) is 30.3 Å². The molecule has 1 aliphatic rings. The first-order valence-electron chi connectivity index (χ1n) is 6.24. The molecule has 0 heterocycles. The van der Waals surface area contributed by atoms with Crippen LogP contribution >= 0.6 is 0 Å². The summed E-state index contributed by atoms with van der Waals surface area (Å²) in [6.07, 6.45) is 2.42. The van der Waals surface area contributed by atoms with E-state index in [2.05, 4.69) is 5.32 Å². The van der Waals surface area contributed by atoms with Gasteiger partial charge in [-0.05, 0) is 24.8 Å². The van der Waals surface area contributed by atoms with E-state index in [1.54, 1.807) is 0 Å². The van der Waals surface area contributed by atoms with Crippen molar-refractivity contribution in [2.24, 2.45) is 0 Å². The zero-order valence-electron chi connectivity index (χ0n) is 10.1. The zero-order chi connectivity index (χ0) is 13.0. The fourth-order valence-electron chi connectivity index (χ4n) is 1.93. The Morgan fingerprint density at radius 3 is 2.50 bits per heavy atom. The quantitative estimate of drug-likeness (QED) is 0.807. The van der Waals surface area contributed by atoms with Crippen LogP contribution in [0.5, 0.6) is 0 Å². The monoisotopic (exact) mass is 247 g/mol. The van der Waals surface area contributed by atoms with Crippen molar-refractivity contribution in [3.63, 3.8) is 0 Å². The lowest BCUT2D eigenvalue weighted by atomic mass is 9.93. The lowest BCUT2D eigenvalue weighted by Crippen LogP contribution is -2.31. The van der Waals surface area contributed by atoms with Crippen molar-refractivity contribution < 1.29 is 14.7 Å². The SMILES string of the molecule is O=C(O)CCC(C(=O)NC1CC1)c1ccccc1. The Hall–Kier alpha value is -1.84. The summed E-state index contributed by atoms with van der Waals surface area (Å²) in [5, 5.41) is 11.7. The number of rotatable bonds is 6. The van der Waals surface area contributed by atoms with E-state index in [9.17, 15) is 9.59 Å². The van der Waals surface area contributed by atoms with Gasteiger partial charge in [-0.25, -0.2) is 0 Å². The largest absolute Gasteiger partial charge is 0.481 e. The first kappa shape index (κ1) is 12.6. The summed E-state index contributed by atoms with van der Waals surface area (Å²) in [6, 6.07) is 9.67. The highest BCUT2D eigenvalue weighted by Crippen LogP contribution is 2.25. The van der Waals surface area contributed by atoms with E-state index in [1.165, 1.54) is 0 Å². The summed E-state index contributed by atoms with van der Waals surface area (Å²) in [4.78, 5) is 22.8. The van der Waals surface area contributed by atoms with Crippen molar-refractivity contribution in [2.75, 3.05) is 0 Å². The summed E-state index contributed by atoms with van der Waals surface area (Å²) in [7, 11) is 0. The van der Waals surface area contributed by atoms with Crippen molar-refractivity contribution >= 4 is 11.9 Å². The molecule has 0 saturated heterocycles. The minimum atomic E-state index is -0.866. The Balaban J connectivity index is 2.05. The molecule has 1 saturated carbocycles. The number of carbonyl (C=O) groups is 2. The fourth-order valence-corrected chi connectivity index (χ4v) is 1.93. The lowest BCUT2D eigenvalue weighted by molar-refractivity contribution is -0.137. The summed E-state index contributed by atoms with van der Waals surface area (Å²) in [5.41, 5.74) is 0.886. The number of hydrogen-bond acceptors (Lipinski definition) is 2. The molecule has 0 radical (unpaired) electrons. The Bertz CT molecular complexity index is 426. The van der Waals surface area contributed by atoms with Crippen LogP contribution in [0.1, 0.15) is 37.2 Å². The van der Waals surface area contributed by atoms with Gasteiger partial charge in [0.05, 0.1) is 5.92 Å². The first-order chi connectivity index (χ1) is 8.66. The average molecular weight is 247 g/mol. The van der Waals surface area contributed by atoms with Crippen molar-refractivity contribution in [3.05, 3.63) is 35.9 Å². The summed E-state index contributed by atoms with van der Waals surface area (Å²) < 4.78 is 0. The molecule has 1 atom stereocenters. The molecule has 1 amide bonds. The molecule has 2 N–H and O–H groups in total. The number of hydrogen-bond donors (Lipinski definition) is 2. The molecule has 96 valence electrons. The predicted molar refractivity (Wildman–Crippen MR) is 67.2 cm³/mol. The topological polar surface area (TPSA) is 66.4 Å². The third-order valence-electron chi connectivity index (χ3n) is 3.09. The molecule has 1 unspecified atom stereocenters. The third kappa shape index (κ3) is 3.58. The number of carboxylic acid groups (broad SMARTS) is 1. The standard InChI is InChI=1S/C14H17NO3/c16-13(17)9-8-12(10-4-2-1-3-5-10)14(18)15-11-6-7-11/h1-5,11-12H,6-9H2,(H,15,18)(H,16,17). The Labute approximate surface area is 106 Å². The number of carboxylic acids is 1. The van der Waals surface area contributed by atoms with Gasteiger partial charge in [-0.2, -0.15) is 0 Å². The molecule has 0 aliphatic heterocycles. The zero-order valence-corrected chi connectivity index (χ0v) is 10.1. The van der Waals surface area contributed by atoms with Crippen LogP contribution in [-0.2, 0) is 9.59 Å². The maximum atomic E-state index is 12.1. The molecule has 0 spiro atoms. The smallest absolute Gasteiger partial charge is 0.303 e. The molecule has 1 aromatic carbocycles. The molecule has 1 aliphatic carbocycles. The summed E-state index contributed by atoms with van der Waals surface area (Å²) in [6.45, 7) is 0. The lowest BCUT2D eigenvalue weighted by Gasteiger charge is -2.16. The van der Waals surface area contributed by atoms with E-state index in [4.69, 9.17) is 5.11 Å². The van der Waals surface area contributed by atoms with Gasteiger partial charge in [-0.3, -0.25) is 9.59 Å². The first-order valence-corrected chi connectivity index (χ1v) is 6.24. The van der Waals surface area contributed by atoms with E-state index in [0.717, 1.165) is 18.4 Å². The fraction of sp³-hybridized carbons (Fsp3) is 0.429. The van der Waals surface area contributed by atoms with E-state index < -0.39 is 5.97 Å². The molecule has 0 aromatic heterocycles. The summed E-state index contributed by atoms with van der Waals surface area (Å²) >= 11 is 0. The molecule has 2 rings (SSSR count). The average Bonchev–Trinajstić information content (AvgIpc) is 3.14. The number of nitrogens with one attached hydrogen (secondary N) is 1. The van der Waals surface area contributed by atoms with Gasteiger partial charge >= 0.3 is 5.97 Å². The van der Waals surface area contributed by atoms with Gasteiger partial charge in [-0.15, -0.1) is 0 Å². The maximum absolute atomic E-state index is 12.1. The minimum absolute atomic E-state index is 0.0116. The minimum Gasteiger partial charge on any atom is -0.481 e. The van der Waals surface area contributed by atoms with Gasteiger partial charge in [0.15, 0.2) is 0 Å². The highest BCUT2D eigenvalue weighted by Gasteiger charge is 2.28. The second-order valence-electron chi connectivity index (χ2n) is 4.68. The Kier molecular flexibility index (Phi) is 3.97. The van der Waals surface area contributed by atoms with Gasteiger partial charge in [0.25, 0.3) is 0 Å². The molecule has 4 nitrogen and oxygen atoms in total. The molecule has 1 fully saturated rings. The van der Waals surface area contributed by atoms with Gasteiger partial charge in [0, 0.05) is 12.5 Å². The van der Waals surface area contributed by atoms with Crippen molar-refractivity contribution in [2.45, 2.75) is 37.6 Å². The van der Waals surface area contributed by atoms with Crippen LogP contribution in [-0.4, -0.2) is 23.0 Å². The second kappa shape index (κ2) is 5.67. The van der Waals surface area contributed by atoms with Crippen LogP contribution in [0.25, 0.3) is 0 Å². The van der Waals surface area contributed by atoms with Crippen molar-refractivity contribution in [1.82, 2.24) is 5.32 Å². The van der Waals surface area contributed by atoms with E-state index in [0.29, 0.717) is 12.5 Å². The van der Waals surface area contributed by atoms with Crippen LogP contribution in [0.3, 0.4) is 0 Å². The number of carbonyl (C=O) groups excluding carboxylic acids is 1. The van der Waals surface area contributed by atoms with Crippen LogP contribution in [0.4, 0.5) is 0 Å². The normalized spacial score (nSPS) is 16.0. The van der Waals surface area contributed by atoms with Crippen LogP contribution in [0, 0.1) is 0 Å². The molecule has 4 heteroatoms. The molecule has 0 bridgehead atoms. The van der Waals surface area contributed by atoms with Crippen molar-refractivity contribution in [3.8, 4) is 0 Å². The number of benzene rings is 1. The van der Waals surface area contributed by atoms with Crippen molar-refractivity contribution in [1.29, 1.82) is 0 Å². The van der Waals surface area contributed by atoms with Crippen LogP contribution < -0.4 is 5.32 Å². The second-order valence-corrected chi connectivity index (χ2v) is 4.68. The van der Waals surface area contributed by atoms with Crippen LogP contribution in [0.2, 0.25) is 0 Å². The number of aliphatic carboxylic acids is 1. The van der Waals surface area contributed by atoms with Gasteiger partial charge in [0.1, 0.15) is 0 Å². The van der Waals surface area contributed by atoms with Gasteiger partial charge < -0.3 is 10.4 Å². The van der Waals surface area contributed by atoms with Gasteiger partial charge in [-0.1, -0.05) is 30.3 Å². The highest BCUT2D eigenvalue weighted by atomic mass is 16.4. The molecule has 1 aromatic rings. The predicted octanol–water partition coefficient (Wildman–Crippen LogP) is 1.91. The molecular formula is C14H17NO3. The molecular weight excluding hydrogens is 230 g/mol. The van der Waals surface area contributed by atoms with Gasteiger partial charge in [0.2, 0.25) is 5.91 Å². The maximum Gasteiger partial charge on any atom is 0.303 e. The van der Waals surface area contributed by atoms with E-state index >= 15 is 0 Å². The molecule has 18 heavy (non-hydrogen) atoms. The highest BCUT2D eigenvalue weighted by molar-refractivity contribution is 5.84. The summed E-state index contributed by atoms with van der Waals surface area (Å²) in [5.74, 6) is -1.27. The number of amides is 1. The third-order valence-corrected chi connectivity index (χ3v) is 3.09. The Morgan fingerprint density at radius 2 is 1.94 bits per heavy atom. The van der Waals surface area contributed by atoms with E-state index in [-0.39, 0.29) is 18.2 Å². The van der Waals surface area contributed by atoms with Crippen LogP contribution in [0.15, 0.2) is 30.3 Å². The Morgan fingerprint density at radius 1 is 1.28 bits per heavy atom.